The Balaban J connectivity index is 1.43. The van der Waals surface area contributed by atoms with Crippen molar-refractivity contribution in [3.63, 3.8) is 0 Å². The van der Waals surface area contributed by atoms with Crippen LogP contribution in [0.2, 0.25) is 0 Å². The van der Waals surface area contributed by atoms with Gasteiger partial charge in [0, 0.05) is 28.4 Å². The predicted octanol–water partition coefficient (Wildman–Crippen LogP) is 4.78. The van der Waals surface area contributed by atoms with Crippen LogP contribution >= 0.6 is 11.3 Å². The summed E-state index contributed by atoms with van der Waals surface area (Å²) in [6, 6.07) is 21.0. The lowest BCUT2D eigenvalue weighted by Crippen LogP contribution is -2.30. The molecule has 0 aliphatic heterocycles. The van der Waals surface area contributed by atoms with Crippen LogP contribution in [0.3, 0.4) is 0 Å². The summed E-state index contributed by atoms with van der Waals surface area (Å²) in [5.74, 6) is -0.0657. The Morgan fingerprint density at radius 3 is 2.42 bits per heavy atom. The van der Waals surface area contributed by atoms with Gasteiger partial charge in [-0.2, -0.15) is 0 Å². The normalized spacial score (nSPS) is 14.0. The molecule has 7 heteroatoms. The van der Waals surface area contributed by atoms with Crippen molar-refractivity contribution < 1.29 is 13.2 Å². The summed E-state index contributed by atoms with van der Waals surface area (Å²) >= 11 is 1.70. The van der Waals surface area contributed by atoms with Gasteiger partial charge in [-0.15, -0.1) is 11.3 Å². The summed E-state index contributed by atoms with van der Waals surface area (Å²) in [6.07, 6.45) is 5.88. The Bertz CT molecular complexity index is 1210. The zero-order valence-electron chi connectivity index (χ0n) is 18.6. The monoisotopic (exact) mass is 480 g/mol. The van der Waals surface area contributed by atoms with Crippen LogP contribution in [-0.2, 0) is 27.8 Å². The molecule has 0 unspecified atom stereocenters. The second kappa shape index (κ2) is 10.5. The molecule has 5 nitrogen and oxygen atoms in total. The molecule has 0 spiro atoms. The minimum Gasteiger partial charge on any atom is -0.334 e. The summed E-state index contributed by atoms with van der Waals surface area (Å²) in [5.41, 5.74) is 1.97. The fourth-order valence-electron chi connectivity index (χ4n) is 3.45. The van der Waals surface area contributed by atoms with E-state index in [4.69, 9.17) is 0 Å². The summed E-state index contributed by atoms with van der Waals surface area (Å²) in [6.45, 7) is 3.25. The number of sulfonamides is 1. The number of hydrogen-bond donors (Lipinski definition) is 1. The zero-order valence-corrected chi connectivity index (χ0v) is 20.2. The van der Waals surface area contributed by atoms with Crippen molar-refractivity contribution >= 4 is 33.3 Å². The fraction of sp³-hybridized carbons (Fsp3) is 0.269. The Morgan fingerprint density at radius 1 is 1.06 bits per heavy atom. The SMILES string of the molecule is Cc1ccc(CN(CCc2ccccc2)C(=O)/C=C/c2ccc(S(=O)(=O)NC3CC3)cc2)s1. The molecule has 2 aromatic carbocycles. The zero-order chi connectivity index (χ0) is 23.3. The molecule has 172 valence electrons. The van der Waals surface area contributed by atoms with Gasteiger partial charge in [0.2, 0.25) is 15.9 Å². The molecule has 1 amide bonds. The van der Waals surface area contributed by atoms with Gasteiger partial charge in [0.15, 0.2) is 0 Å². The first kappa shape index (κ1) is 23.4. The van der Waals surface area contributed by atoms with Gasteiger partial charge >= 0.3 is 0 Å². The van der Waals surface area contributed by atoms with Gasteiger partial charge < -0.3 is 4.90 Å². The first-order chi connectivity index (χ1) is 15.9. The van der Waals surface area contributed by atoms with Crippen LogP contribution in [0, 0.1) is 6.92 Å². The van der Waals surface area contributed by atoms with Crippen LogP contribution in [0.1, 0.15) is 33.7 Å². The third-order valence-corrected chi connectivity index (χ3v) is 8.00. The van der Waals surface area contributed by atoms with E-state index in [0.29, 0.717) is 13.1 Å². The molecular weight excluding hydrogens is 452 g/mol. The largest absolute Gasteiger partial charge is 0.334 e. The van der Waals surface area contributed by atoms with E-state index in [0.717, 1.165) is 29.7 Å². The van der Waals surface area contributed by atoms with Crippen LogP contribution in [0.15, 0.2) is 77.7 Å². The molecule has 1 fully saturated rings. The summed E-state index contributed by atoms with van der Waals surface area (Å²) in [7, 11) is -3.47. The van der Waals surface area contributed by atoms with E-state index >= 15 is 0 Å². The van der Waals surface area contributed by atoms with Crippen molar-refractivity contribution in [2.24, 2.45) is 0 Å². The molecule has 3 aromatic rings. The van der Waals surface area contributed by atoms with Gasteiger partial charge in [-0.3, -0.25) is 4.79 Å². The van der Waals surface area contributed by atoms with Gasteiger partial charge in [-0.1, -0.05) is 42.5 Å². The average molecular weight is 481 g/mol. The molecule has 1 heterocycles. The van der Waals surface area contributed by atoms with E-state index < -0.39 is 10.0 Å². The van der Waals surface area contributed by atoms with Gasteiger partial charge in [-0.25, -0.2) is 13.1 Å². The van der Waals surface area contributed by atoms with Crippen LogP contribution in [-0.4, -0.2) is 31.8 Å². The van der Waals surface area contributed by atoms with Crippen LogP contribution < -0.4 is 4.72 Å². The van der Waals surface area contributed by atoms with Crippen molar-refractivity contribution in [3.05, 3.63) is 93.7 Å². The van der Waals surface area contributed by atoms with Crippen molar-refractivity contribution in [2.45, 2.75) is 43.7 Å². The van der Waals surface area contributed by atoms with Gasteiger partial charge in [0.25, 0.3) is 0 Å². The molecule has 1 aliphatic rings. The first-order valence-corrected chi connectivity index (χ1v) is 13.4. The number of thiophene rings is 1. The number of carbonyl (C=O) groups excluding carboxylic acids is 1. The number of nitrogens with one attached hydrogen (secondary N) is 1. The van der Waals surface area contributed by atoms with E-state index in [1.165, 1.54) is 10.4 Å². The molecule has 0 bridgehead atoms. The summed E-state index contributed by atoms with van der Waals surface area (Å²) in [5, 5.41) is 0. The quantitative estimate of drug-likeness (QED) is 0.425. The van der Waals surface area contributed by atoms with E-state index in [2.05, 4.69) is 35.9 Å². The number of hydrogen-bond acceptors (Lipinski definition) is 4. The molecule has 1 N–H and O–H groups in total. The Kier molecular flexibility index (Phi) is 7.42. The van der Waals surface area contributed by atoms with E-state index in [-0.39, 0.29) is 16.8 Å². The van der Waals surface area contributed by atoms with E-state index in [1.807, 2.05) is 23.1 Å². The first-order valence-electron chi connectivity index (χ1n) is 11.1. The second-order valence-corrected chi connectivity index (χ2v) is 11.4. The van der Waals surface area contributed by atoms with Gasteiger partial charge in [0.1, 0.15) is 0 Å². The third kappa shape index (κ3) is 6.87. The Hall–Kier alpha value is -2.74. The molecule has 1 aliphatic carbocycles. The predicted molar refractivity (Wildman–Crippen MR) is 133 cm³/mol. The molecule has 4 rings (SSSR count). The van der Waals surface area contributed by atoms with E-state index in [1.54, 1.807) is 47.8 Å². The lowest BCUT2D eigenvalue weighted by atomic mass is 10.1. The average Bonchev–Trinajstić information content (AvgIpc) is 3.52. The number of rotatable bonds is 10. The highest BCUT2D eigenvalue weighted by Gasteiger charge is 2.27. The minimum atomic E-state index is -3.47. The lowest BCUT2D eigenvalue weighted by Gasteiger charge is -2.21. The Labute approximate surface area is 199 Å². The Morgan fingerprint density at radius 2 is 1.79 bits per heavy atom. The number of amides is 1. The molecule has 0 saturated heterocycles. The number of aryl methyl sites for hydroxylation is 1. The third-order valence-electron chi connectivity index (χ3n) is 5.48. The maximum absolute atomic E-state index is 13.0. The topological polar surface area (TPSA) is 66.5 Å². The van der Waals surface area contributed by atoms with Gasteiger partial charge in [-0.05, 0) is 67.7 Å². The van der Waals surface area contributed by atoms with Gasteiger partial charge in [0.05, 0.1) is 11.4 Å². The van der Waals surface area contributed by atoms with Crippen molar-refractivity contribution in [1.82, 2.24) is 9.62 Å². The minimum absolute atomic E-state index is 0.0657. The summed E-state index contributed by atoms with van der Waals surface area (Å²) < 4.78 is 27.3. The lowest BCUT2D eigenvalue weighted by molar-refractivity contribution is -0.126. The molecule has 0 radical (unpaired) electrons. The number of nitrogens with zero attached hydrogens (tertiary/aromatic N) is 1. The number of carbonyl (C=O) groups is 1. The van der Waals surface area contributed by atoms with Crippen molar-refractivity contribution in [3.8, 4) is 0 Å². The van der Waals surface area contributed by atoms with Crippen molar-refractivity contribution in [1.29, 1.82) is 0 Å². The van der Waals surface area contributed by atoms with Crippen LogP contribution in [0.4, 0.5) is 0 Å². The fourth-order valence-corrected chi connectivity index (χ4v) is 5.66. The molecule has 33 heavy (non-hydrogen) atoms. The second-order valence-electron chi connectivity index (χ2n) is 8.31. The molecular formula is C26H28N2O3S2. The standard InChI is InChI=1S/C26H28N2O3S2/c1-20-7-13-24(32-20)19-28(18-17-21-5-3-2-4-6-21)26(29)16-10-22-8-14-25(15-9-22)33(30,31)27-23-11-12-23/h2-10,13-16,23,27H,11-12,17-19H2,1H3/b16-10+. The molecule has 1 saturated carbocycles. The van der Waals surface area contributed by atoms with Crippen LogP contribution in [0.5, 0.6) is 0 Å². The maximum atomic E-state index is 13.0. The summed E-state index contributed by atoms with van der Waals surface area (Å²) in [4.78, 5) is 17.5. The highest BCUT2D eigenvalue weighted by atomic mass is 32.2. The van der Waals surface area contributed by atoms with Crippen molar-refractivity contribution in [2.75, 3.05) is 6.54 Å². The molecule has 1 aromatic heterocycles. The highest BCUT2D eigenvalue weighted by molar-refractivity contribution is 7.89. The smallest absolute Gasteiger partial charge is 0.246 e. The van der Waals surface area contributed by atoms with Crippen LogP contribution in [0.25, 0.3) is 6.08 Å². The molecule has 0 atom stereocenters. The number of benzene rings is 2. The van der Waals surface area contributed by atoms with E-state index in [9.17, 15) is 13.2 Å². The maximum Gasteiger partial charge on any atom is 0.246 e. The highest BCUT2D eigenvalue weighted by Crippen LogP contribution is 2.22.